The van der Waals surface area contributed by atoms with Crippen molar-refractivity contribution in [3.63, 3.8) is 0 Å². The molecule has 1 heterocycles. The predicted octanol–water partition coefficient (Wildman–Crippen LogP) is 7.22. The third-order valence-corrected chi connectivity index (χ3v) is 6.86. The molecule has 220 valence electrons. The van der Waals surface area contributed by atoms with E-state index in [9.17, 15) is 18.0 Å². The molecule has 1 aromatic carbocycles. The molecule has 0 unspecified atom stereocenters. The second-order valence-corrected chi connectivity index (χ2v) is 11.3. The molecule has 0 atom stereocenters. The monoisotopic (exact) mass is 561 g/mol. The quantitative estimate of drug-likeness (QED) is 0.162. The molecule has 2 aromatic rings. The summed E-state index contributed by atoms with van der Waals surface area (Å²) in [5, 5.41) is 3.25. The lowest BCUT2D eigenvalue weighted by atomic mass is 9.81. The van der Waals surface area contributed by atoms with Crippen molar-refractivity contribution >= 4 is 11.7 Å². The van der Waals surface area contributed by atoms with E-state index in [0.717, 1.165) is 43.4 Å². The molecule has 3 rings (SSSR count). The van der Waals surface area contributed by atoms with Gasteiger partial charge in [-0.2, -0.15) is 13.2 Å². The maximum atomic E-state index is 13.8. The number of hydrogen-bond donors (Lipinski definition) is 2. The van der Waals surface area contributed by atoms with E-state index in [4.69, 9.17) is 9.57 Å². The number of aryl methyl sites for hydroxylation is 1. The Bertz CT molecular complexity index is 1150. The van der Waals surface area contributed by atoms with Crippen LogP contribution < -0.4 is 10.8 Å². The first-order chi connectivity index (χ1) is 18.9. The highest BCUT2D eigenvalue weighted by molar-refractivity contribution is 5.70. The average Bonchev–Trinajstić information content (AvgIpc) is 2.90. The number of carbonyl (C=O) groups excluding carboxylic acids is 1. The average molecular weight is 562 g/mol. The Morgan fingerprint density at radius 3 is 2.48 bits per heavy atom. The maximum Gasteiger partial charge on any atom is 0.416 e. The van der Waals surface area contributed by atoms with Gasteiger partial charge in [-0.1, -0.05) is 51.0 Å². The SMILES string of the molecule is C=C(NOCc1ccc(C2CCCCC2)c(C(F)(F)F)c1)c1ccc(CNCCC(=O)OC(C)(C)C)c(CC)n1. The van der Waals surface area contributed by atoms with Crippen LogP contribution in [-0.2, 0) is 40.1 Å². The summed E-state index contributed by atoms with van der Waals surface area (Å²) in [5.74, 6) is -0.290. The van der Waals surface area contributed by atoms with Gasteiger partial charge in [0.2, 0.25) is 0 Å². The summed E-state index contributed by atoms with van der Waals surface area (Å²) in [6, 6.07) is 8.27. The second-order valence-electron chi connectivity index (χ2n) is 11.3. The number of benzene rings is 1. The molecule has 0 amide bonds. The Morgan fingerprint density at radius 2 is 1.82 bits per heavy atom. The van der Waals surface area contributed by atoms with Gasteiger partial charge in [0.1, 0.15) is 5.60 Å². The highest BCUT2D eigenvalue weighted by atomic mass is 19.4. The molecule has 1 fully saturated rings. The first kappa shape index (κ1) is 31.6. The number of halogens is 3. The van der Waals surface area contributed by atoms with Crippen LogP contribution in [0.15, 0.2) is 36.9 Å². The van der Waals surface area contributed by atoms with E-state index < -0.39 is 17.3 Å². The number of alkyl halides is 3. The number of esters is 1. The van der Waals surface area contributed by atoms with E-state index in [1.165, 1.54) is 6.07 Å². The van der Waals surface area contributed by atoms with Crippen molar-refractivity contribution < 1.29 is 27.5 Å². The number of rotatable bonds is 12. The van der Waals surface area contributed by atoms with Crippen molar-refractivity contribution in [3.8, 4) is 0 Å². The predicted molar refractivity (Wildman–Crippen MR) is 150 cm³/mol. The number of hydrogen-bond acceptors (Lipinski definition) is 6. The molecule has 0 aliphatic heterocycles. The Labute approximate surface area is 235 Å². The summed E-state index contributed by atoms with van der Waals surface area (Å²) in [5.41, 5.74) is 5.36. The minimum Gasteiger partial charge on any atom is -0.460 e. The van der Waals surface area contributed by atoms with Crippen LogP contribution in [0.1, 0.15) is 106 Å². The fourth-order valence-corrected chi connectivity index (χ4v) is 4.94. The lowest BCUT2D eigenvalue weighted by Gasteiger charge is -2.25. The molecule has 0 saturated heterocycles. The summed E-state index contributed by atoms with van der Waals surface area (Å²) in [6.45, 7) is 12.5. The number of ether oxygens (including phenoxy) is 1. The number of aromatic nitrogens is 1. The van der Waals surface area contributed by atoms with Crippen LogP contribution in [0.4, 0.5) is 13.2 Å². The van der Waals surface area contributed by atoms with Gasteiger partial charge in [0.25, 0.3) is 0 Å². The fourth-order valence-electron chi connectivity index (χ4n) is 4.94. The van der Waals surface area contributed by atoms with E-state index in [1.807, 2.05) is 39.8 Å². The van der Waals surface area contributed by atoms with E-state index in [2.05, 4.69) is 22.4 Å². The first-order valence-electron chi connectivity index (χ1n) is 14.1. The first-order valence-corrected chi connectivity index (χ1v) is 14.1. The standard InChI is InChI=1S/C31H42F3N3O3/c1-6-27-24(19-35-17-16-29(38)40-30(3,4)5)13-15-28(36-27)21(2)37-39-20-22-12-14-25(23-10-8-7-9-11-23)26(18-22)31(32,33)34/h12-15,18,23,35,37H,2,6-11,16-17,19-20H2,1,3-5H3. The third kappa shape index (κ3) is 9.63. The summed E-state index contributed by atoms with van der Waals surface area (Å²) in [6.07, 6.45) is 1.18. The Morgan fingerprint density at radius 1 is 1.10 bits per heavy atom. The van der Waals surface area contributed by atoms with Gasteiger partial charge in [-0.3, -0.25) is 20.1 Å². The van der Waals surface area contributed by atoms with Crippen molar-refractivity contribution in [1.82, 2.24) is 15.8 Å². The molecule has 6 nitrogen and oxygen atoms in total. The number of nitrogens with zero attached hydrogens (tertiary/aromatic N) is 1. The number of carbonyl (C=O) groups is 1. The highest BCUT2D eigenvalue weighted by Gasteiger charge is 2.35. The second kappa shape index (κ2) is 14.1. The lowest BCUT2D eigenvalue weighted by Crippen LogP contribution is -2.26. The molecule has 1 aliphatic carbocycles. The van der Waals surface area contributed by atoms with Crippen LogP contribution in [0.25, 0.3) is 5.70 Å². The number of hydroxylamine groups is 1. The fraction of sp³-hybridized carbons (Fsp3) is 0.548. The van der Waals surface area contributed by atoms with E-state index >= 15 is 0 Å². The molecule has 40 heavy (non-hydrogen) atoms. The van der Waals surface area contributed by atoms with Crippen LogP contribution in [0.3, 0.4) is 0 Å². The minimum atomic E-state index is -4.41. The topological polar surface area (TPSA) is 72.5 Å². The molecule has 9 heteroatoms. The molecular formula is C31H42F3N3O3. The van der Waals surface area contributed by atoms with Crippen LogP contribution >= 0.6 is 0 Å². The molecule has 0 radical (unpaired) electrons. The molecule has 1 aliphatic rings. The summed E-state index contributed by atoms with van der Waals surface area (Å²) in [7, 11) is 0. The van der Waals surface area contributed by atoms with Gasteiger partial charge in [-0.25, -0.2) is 0 Å². The zero-order chi connectivity index (χ0) is 29.3. The van der Waals surface area contributed by atoms with E-state index in [1.54, 1.807) is 12.1 Å². The number of pyridine rings is 1. The van der Waals surface area contributed by atoms with Gasteiger partial charge in [-0.05, 0) is 74.8 Å². The van der Waals surface area contributed by atoms with Gasteiger partial charge in [0.15, 0.2) is 0 Å². The summed E-state index contributed by atoms with van der Waals surface area (Å²) in [4.78, 5) is 22.1. The molecule has 0 bridgehead atoms. The molecule has 1 aromatic heterocycles. The van der Waals surface area contributed by atoms with Crippen LogP contribution in [-0.4, -0.2) is 23.1 Å². The van der Waals surface area contributed by atoms with Crippen molar-refractivity contribution in [3.05, 3.63) is 70.6 Å². The van der Waals surface area contributed by atoms with Gasteiger partial charge >= 0.3 is 12.1 Å². The van der Waals surface area contributed by atoms with Crippen molar-refractivity contribution in [2.45, 2.75) is 103 Å². The third-order valence-electron chi connectivity index (χ3n) is 6.86. The Kier molecular flexibility index (Phi) is 11.2. The number of nitrogens with one attached hydrogen (secondary N) is 2. The van der Waals surface area contributed by atoms with Gasteiger partial charge < -0.3 is 10.1 Å². The van der Waals surface area contributed by atoms with Gasteiger partial charge in [0, 0.05) is 18.8 Å². The van der Waals surface area contributed by atoms with Crippen LogP contribution in [0.2, 0.25) is 0 Å². The van der Waals surface area contributed by atoms with Crippen molar-refractivity contribution in [2.75, 3.05) is 6.54 Å². The Hall–Kier alpha value is -2.91. The smallest absolute Gasteiger partial charge is 0.416 e. The summed E-state index contributed by atoms with van der Waals surface area (Å²) >= 11 is 0. The zero-order valence-electron chi connectivity index (χ0n) is 24.0. The zero-order valence-corrected chi connectivity index (χ0v) is 24.0. The van der Waals surface area contributed by atoms with Gasteiger partial charge in [-0.15, -0.1) is 0 Å². The molecular weight excluding hydrogens is 519 g/mol. The van der Waals surface area contributed by atoms with Crippen LogP contribution in [0.5, 0.6) is 0 Å². The maximum absolute atomic E-state index is 13.8. The molecule has 0 spiro atoms. The lowest BCUT2D eigenvalue weighted by molar-refractivity contribution is -0.154. The molecule has 2 N–H and O–H groups in total. The normalized spacial score (nSPS) is 14.7. The van der Waals surface area contributed by atoms with Crippen molar-refractivity contribution in [1.29, 1.82) is 0 Å². The minimum absolute atomic E-state index is 0.0415. The van der Waals surface area contributed by atoms with Crippen molar-refractivity contribution in [2.24, 2.45) is 0 Å². The highest BCUT2D eigenvalue weighted by Crippen LogP contribution is 2.41. The Balaban J connectivity index is 1.54. The van der Waals surface area contributed by atoms with Gasteiger partial charge in [0.05, 0.1) is 30.0 Å². The molecule has 1 saturated carbocycles. The summed E-state index contributed by atoms with van der Waals surface area (Å²) < 4.78 is 46.9. The van der Waals surface area contributed by atoms with Crippen LogP contribution in [0, 0.1) is 0 Å². The van der Waals surface area contributed by atoms with E-state index in [-0.39, 0.29) is 24.9 Å². The largest absolute Gasteiger partial charge is 0.460 e. The van der Waals surface area contributed by atoms with E-state index in [0.29, 0.717) is 42.0 Å².